The molecule has 1 aromatic heterocycles. The zero-order valence-electron chi connectivity index (χ0n) is 16.0. The minimum Gasteiger partial charge on any atom is -0.379 e. The third-order valence-corrected chi connectivity index (χ3v) is 6.84. The van der Waals surface area contributed by atoms with E-state index in [4.69, 9.17) is 4.74 Å². The van der Waals surface area contributed by atoms with Gasteiger partial charge in [-0.05, 0) is 47.9 Å². The first-order valence-electron chi connectivity index (χ1n) is 9.95. The molecule has 0 unspecified atom stereocenters. The number of fused-ring (bicyclic) bond motifs is 1. The Hall–Kier alpha value is -1.69. The molecule has 1 aliphatic heterocycles. The van der Waals surface area contributed by atoms with Crippen LogP contribution in [0.5, 0.6) is 0 Å². The Morgan fingerprint density at radius 3 is 2.85 bits per heavy atom. The Kier molecular flexibility index (Phi) is 5.91. The predicted molar refractivity (Wildman–Crippen MR) is 109 cm³/mol. The molecule has 1 saturated heterocycles. The van der Waals surface area contributed by atoms with Crippen molar-refractivity contribution in [2.75, 3.05) is 26.3 Å². The SMILES string of the molecule is C[C@@H]1CCc2sc(C(=O)NCc3ccccc3CN3CCOCC3)cc2C1. The van der Waals surface area contributed by atoms with Gasteiger partial charge in [-0.25, -0.2) is 0 Å². The number of aryl methyl sites for hydroxylation is 1. The van der Waals surface area contributed by atoms with E-state index in [9.17, 15) is 4.79 Å². The monoisotopic (exact) mass is 384 g/mol. The van der Waals surface area contributed by atoms with Crippen molar-refractivity contribution in [2.45, 2.75) is 39.3 Å². The van der Waals surface area contributed by atoms with Crippen LogP contribution in [0.2, 0.25) is 0 Å². The van der Waals surface area contributed by atoms with Crippen molar-refractivity contribution in [1.82, 2.24) is 10.2 Å². The lowest BCUT2D eigenvalue weighted by Crippen LogP contribution is -2.36. The number of rotatable bonds is 5. The molecular weight excluding hydrogens is 356 g/mol. The van der Waals surface area contributed by atoms with Crippen LogP contribution in [-0.2, 0) is 30.7 Å². The molecule has 0 bridgehead atoms. The fraction of sp³-hybridized carbons (Fsp3) is 0.500. The van der Waals surface area contributed by atoms with Crippen LogP contribution in [-0.4, -0.2) is 37.1 Å². The zero-order valence-corrected chi connectivity index (χ0v) is 16.8. The molecule has 1 N–H and O–H groups in total. The van der Waals surface area contributed by atoms with E-state index in [0.29, 0.717) is 6.54 Å². The number of thiophene rings is 1. The van der Waals surface area contributed by atoms with Crippen molar-refractivity contribution in [3.05, 3.63) is 56.8 Å². The van der Waals surface area contributed by atoms with E-state index in [2.05, 4.69) is 47.5 Å². The van der Waals surface area contributed by atoms with E-state index < -0.39 is 0 Å². The molecule has 144 valence electrons. The van der Waals surface area contributed by atoms with Gasteiger partial charge in [0.15, 0.2) is 0 Å². The van der Waals surface area contributed by atoms with Crippen LogP contribution in [0, 0.1) is 5.92 Å². The van der Waals surface area contributed by atoms with Crippen LogP contribution in [0.4, 0.5) is 0 Å². The van der Waals surface area contributed by atoms with E-state index in [1.54, 1.807) is 11.3 Å². The molecule has 0 radical (unpaired) electrons. The Labute approximate surface area is 165 Å². The summed E-state index contributed by atoms with van der Waals surface area (Å²) in [5.74, 6) is 0.790. The summed E-state index contributed by atoms with van der Waals surface area (Å²) in [6.45, 7) is 7.35. The Morgan fingerprint density at radius 1 is 1.26 bits per heavy atom. The van der Waals surface area contributed by atoms with Crippen molar-refractivity contribution >= 4 is 17.2 Å². The maximum absolute atomic E-state index is 12.7. The number of morpholine rings is 1. The first kappa shape index (κ1) is 18.7. The molecule has 1 amide bonds. The van der Waals surface area contributed by atoms with Gasteiger partial charge in [-0.15, -0.1) is 11.3 Å². The number of carbonyl (C=O) groups is 1. The van der Waals surface area contributed by atoms with Gasteiger partial charge >= 0.3 is 0 Å². The number of benzene rings is 1. The molecular formula is C22H28N2O2S. The second kappa shape index (κ2) is 8.55. The number of hydrogen-bond acceptors (Lipinski definition) is 4. The molecule has 1 aliphatic carbocycles. The molecule has 2 heterocycles. The summed E-state index contributed by atoms with van der Waals surface area (Å²) in [5, 5.41) is 3.14. The minimum absolute atomic E-state index is 0.0585. The fourth-order valence-corrected chi connectivity index (χ4v) is 5.09. The van der Waals surface area contributed by atoms with E-state index >= 15 is 0 Å². The molecule has 1 atom stereocenters. The standard InChI is InChI=1S/C22H28N2O2S/c1-16-6-7-20-19(12-16)13-21(27-20)22(25)23-14-17-4-2-3-5-18(17)15-24-8-10-26-11-9-24/h2-5,13,16H,6-12,14-15H2,1H3,(H,23,25)/t16-/m1/s1. The summed E-state index contributed by atoms with van der Waals surface area (Å²) >= 11 is 1.68. The lowest BCUT2D eigenvalue weighted by atomic mass is 9.90. The Bertz CT molecular complexity index is 795. The molecule has 27 heavy (non-hydrogen) atoms. The summed E-state index contributed by atoms with van der Waals surface area (Å²) in [7, 11) is 0. The average Bonchev–Trinajstić information content (AvgIpc) is 3.11. The topological polar surface area (TPSA) is 41.6 Å². The van der Waals surface area contributed by atoms with Crippen molar-refractivity contribution in [3.8, 4) is 0 Å². The first-order chi connectivity index (χ1) is 13.2. The fourth-order valence-electron chi connectivity index (χ4n) is 3.96. The second-order valence-electron chi connectivity index (χ2n) is 7.75. The van der Waals surface area contributed by atoms with Gasteiger partial charge < -0.3 is 10.1 Å². The first-order valence-corrected chi connectivity index (χ1v) is 10.8. The number of carbonyl (C=O) groups excluding carboxylic acids is 1. The highest BCUT2D eigenvalue weighted by molar-refractivity contribution is 7.14. The normalized spacial score (nSPS) is 20.3. The molecule has 5 heteroatoms. The Balaban J connectivity index is 1.39. The van der Waals surface area contributed by atoms with Gasteiger partial charge in [0, 0.05) is 31.1 Å². The second-order valence-corrected chi connectivity index (χ2v) is 8.88. The van der Waals surface area contributed by atoms with Gasteiger partial charge in [0.05, 0.1) is 18.1 Å². The van der Waals surface area contributed by atoms with Crippen molar-refractivity contribution < 1.29 is 9.53 Å². The Morgan fingerprint density at radius 2 is 2.04 bits per heavy atom. The van der Waals surface area contributed by atoms with Gasteiger partial charge in [0.2, 0.25) is 0 Å². The predicted octanol–water partition coefficient (Wildman–Crippen LogP) is 3.64. The van der Waals surface area contributed by atoms with Crippen LogP contribution >= 0.6 is 11.3 Å². The largest absolute Gasteiger partial charge is 0.379 e. The molecule has 4 rings (SSSR count). The number of nitrogens with one attached hydrogen (secondary N) is 1. The van der Waals surface area contributed by atoms with Crippen molar-refractivity contribution in [1.29, 1.82) is 0 Å². The molecule has 1 fully saturated rings. The van der Waals surface area contributed by atoms with E-state index in [1.165, 1.54) is 28.0 Å². The van der Waals surface area contributed by atoms with E-state index in [0.717, 1.165) is 56.5 Å². The maximum Gasteiger partial charge on any atom is 0.261 e. The highest BCUT2D eigenvalue weighted by atomic mass is 32.1. The summed E-state index contributed by atoms with van der Waals surface area (Å²) in [6, 6.07) is 10.5. The quantitative estimate of drug-likeness (QED) is 0.856. The number of amides is 1. The van der Waals surface area contributed by atoms with Crippen LogP contribution in [0.25, 0.3) is 0 Å². The summed E-state index contributed by atoms with van der Waals surface area (Å²) in [6.07, 6.45) is 3.47. The van der Waals surface area contributed by atoms with Crippen LogP contribution in [0.3, 0.4) is 0 Å². The molecule has 2 aromatic rings. The highest BCUT2D eigenvalue weighted by Gasteiger charge is 2.21. The van der Waals surface area contributed by atoms with E-state index in [1.807, 2.05) is 0 Å². The van der Waals surface area contributed by atoms with Crippen molar-refractivity contribution in [2.24, 2.45) is 5.92 Å². The number of ether oxygens (including phenoxy) is 1. The highest BCUT2D eigenvalue weighted by Crippen LogP contribution is 2.32. The molecule has 2 aliphatic rings. The molecule has 1 aromatic carbocycles. The molecule has 4 nitrogen and oxygen atoms in total. The zero-order chi connectivity index (χ0) is 18.6. The van der Waals surface area contributed by atoms with Crippen LogP contribution in [0.15, 0.2) is 30.3 Å². The van der Waals surface area contributed by atoms with Gasteiger partial charge in [-0.1, -0.05) is 31.2 Å². The molecule has 0 spiro atoms. The third-order valence-electron chi connectivity index (χ3n) is 5.61. The lowest BCUT2D eigenvalue weighted by Gasteiger charge is -2.27. The van der Waals surface area contributed by atoms with Crippen molar-refractivity contribution in [3.63, 3.8) is 0 Å². The van der Waals surface area contributed by atoms with E-state index in [-0.39, 0.29) is 5.91 Å². The van der Waals surface area contributed by atoms with Gasteiger partial charge in [-0.3, -0.25) is 9.69 Å². The lowest BCUT2D eigenvalue weighted by molar-refractivity contribution is 0.0340. The average molecular weight is 385 g/mol. The summed E-state index contributed by atoms with van der Waals surface area (Å²) in [5.41, 5.74) is 3.88. The van der Waals surface area contributed by atoms with Crippen LogP contribution < -0.4 is 5.32 Å². The summed E-state index contributed by atoms with van der Waals surface area (Å²) < 4.78 is 5.44. The van der Waals surface area contributed by atoms with Gasteiger partial charge in [0.1, 0.15) is 0 Å². The smallest absolute Gasteiger partial charge is 0.261 e. The number of hydrogen-bond donors (Lipinski definition) is 1. The summed E-state index contributed by atoms with van der Waals surface area (Å²) in [4.78, 5) is 17.4. The molecule has 0 saturated carbocycles. The maximum atomic E-state index is 12.7. The number of nitrogens with zero attached hydrogens (tertiary/aromatic N) is 1. The van der Waals surface area contributed by atoms with Crippen LogP contribution in [0.1, 0.15) is 44.6 Å². The third kappa shape index (κ3) is 4.60. The minimum atomic E-state index is 0.0585. The van der Waals surface area contributed by atoms with Gasteiger partial charge in [0.25, 0.3) is 5.91 Å². The van der Waals surface area contributed by atoms with Gasteiger partial charge in [-0.2, -0.15) is 0 Å².